The Morgan fingerprint density at radius 1 is 1.14 bits per heavy atom. The van der Waals surface area contributed by atoms with E-state index in [1.165, 1.54) is 35.2 Å². The zero-order chi connectivity index (χ0) is 20.4. The maximum absolute atomic E-state index is 13.4. The van der Waals surface area contributed by atoms with E-state index in [0.717, 1.165) is 11.3 Å². The number of thioether (sulfide) groups is 1. The summed E-state index contributed by atoms with van der Waals surface area (Å²) in [5.41, 5.74) is 2.65. The maximum atomic E-state index is 13.4. The second-order valence-corrected chi connectivity index (χ2v) is 8.35. The van der Waals surface area contributed by atoms with E-state index in [2.05, 4.69) is 20.5 Å². The minimum absolute atomic E-state index is 0.208. The topological polar surface area (TPSA) is 70.5 Å². The van der Waals surface area contributed by atoms with E-state index in [9.17, 15) is 9.18 Å². The molecule has 146 valence electrons. The number of hydrogen-bond acceptors (Lipinski definition) is 7. The molecule has 9 heteroatoms. The Kier molecular flexibility index (Phi) is 5.41. The lowest BCUT2D eigenvalue weighted by Gasteiger charge is -2.11. The minimum atomic E-state index is -0.336. The molecule has 6 nitrogen and oxygen atoms in total. The fourth-order valence-electron chi connectivity index (χ4n) is 2.59. The van der Waals surface area contributed by atoms with Crippen LogP contribution in [0.4, 0.5) is 15.2 Å². The van der Waals surface area contributed by atoms with Gasteiger partial charge in [0, 0.05) is 25.3 Å². The SMILES string of the molecule is CN(C)c1ccc(C=C2SC(=Nc3nnc(-c4cccc(F)c4)s3)NC2=O)cc1. The predicted molar refractivity (Wildman–Crippen MR) is 117 cm³/mol. The zero-order valence-corrected chi connectivity index (χ0v) is 17.2. The van der Waals surface area contributed by atoms with Crippen LogP contribution in [0.2, 0.25) is 0 Å². The smallest absolute Gasteiger partial charge is 0.264 e. The molecule has 0 saturated carbocycles. The monoisotopic (exact) mass is 425 g/mol. The van der Waals surface area contributed by atoms with Crippen molar-refractivity contribution in [1.29, 1.82) is 0 Å². The molecule has 0 atom stereocenters. The molecular weight excluding hydrogens is 409 g/mol. The number of anilines is 1. The van der Waals surface area contributed by atoms with Crippen LogP contribution < -0.4 is 10.2 Å². The van der Waals surface area contributed by atoms with Gasteiger partial charge in [-0.05, 0) is 47.7 Å². The van der Waals surface area contributed by atoms with Gasteiger partial charge < -0.3 is 10.2 Å². The van der Waals surface area contributed by atoms with Gasteiger partial charge in [-0.1, -0.05) is 35.6 Å². The molecule has 1 aliphatic heterocycles. The van der Waals surface area contributed by atoms with Crippen molar-refractivity contribution >= 4 is 51.1 Å². The average Bonchev–Trinajstić information content (AvgIpc) is 3.29. The van der Waals surface area contributed by atoms with E-state index in [-0.39, 0.29) is 11.7 Å². The summed E-state index contributed by atoms with van der Waals surface area (Å²) in [4.78, 5) is 19.2. The minimum Gasteiger partial charge on any atom is -0.378 e. The summed E-state index contributed by atoms with van der Waals surface area (Å²) < 4.78 is 13.4. The van der Waals surface area contributed by atoms with E-state index in [4.69, 9.17) is 0 Å². The first-order chi connectivity index (χ1) is 14.0. The first-order valence-corrected chi connectivity index (χ1v) is 10.3. The molecule has 4 rings (SSSR count). The van der Waals surface area contributed by atoms with E-state index >= 15 is 0 Å². The molecule has 0 unspecified atom stereocenters. The lowest BCUT2D eigenvalue weighted by atomic mass is 10.2. The molecule has 2 aromatic carbocycles. The maximum Gasteiger partial charge on any atom is 0.264 e. The fraction of sp³-hybridized carbons (Fsp3) is 0.100. The number of aromatic nitrogens is 2. The van der Waals surface area contributed by atoms with E-state index in [1.54, 1.807) is 12.1 Å². The van der Waals surface area contributed by atoms with Crippen molar-refractivity contribution in [2.45, 2.75) is 0 Å². The van der Waals surface area contributed by atoms with Crippen LogP contribution in [0.5, 0.6) is 0 Å². The van der Waals surface area contributed by atoms with Crippen molar-refractivity contribution in [2.75, 3.05) is 19.0 Å². The van der Waals surface area contributed by atoms with Crippen molar-refractivity contribution in [2.24, 2.45) is 4.99 Å². The number of amides is 1. The van der Waals surface area contributed by atoms with Gasteiger partial charge in [0.1, 0.15) is 10.8 Å². The summed E-state index contributed by atoms with van der Waals surface area (Å²) >= 11 is 2.47. The van der Waals surface area contributed by atoms with Crippen LogP contribution in [-0.2, 0) is 4.79 Å². The van der Waals surface area contributed by atoms with Gasteiger partial charge in [0.15, 0.2) is 5.17 Å². The number of nitrogens with zero attached hydrogens (tertiary/aromatic N) is 4. The second-order valence-electron chi connectivity index (χ2n) is 6.37. The molecule has 1 amide bonds. The summed E-state index contributed by atoms with van der Waals surface area (Å²) in [7, 11) is 3.95. The van der Waals surface area contributed by atoms with Gasteiger partial charge in [0.25, 0.3) is 5.91 Å². The van der Waals surface area contributed by atoms with Crippen LogP contribution in [0, 0.1) is 5.82 Å². The van der Waals surface area contributed by atoms with Crippen molar-refractivity contribution < 1.29 is 9.18 Å². The highest BCUT2D eigenvalue weighted by Gasteiger charge is 2.24. The van der Waals surface area contributed by atoms with Gasteiger partial charge in [-0.2, -0.15) is 4.99 Å². The third kappa shape index (κ3) is 4.52. The number of benzene rings is 2. The van der Waals surface area contributed by atoms with Gasteiger partial charge in [-0.3, -0.25) is 4.79 Å². The molecule has 0 bridgehead atoms. The highest BCUT2D eigenvalue weighted by Crippen LogP contribution is 2.32. The lowest BCUT2D eigenvalue weighted by Crippen LogP contribution is -2.19. The molecule has 1 aliphatic rings. The third-order valence-corrected chi connectivity index (χ3v) is 5.82. The number of amidine groups is 1. The van der Waals surface area contributed by atoms with Crippen molar-refractivity contribution in [3.63, 3.8) is 0 Å². The summed E-state index contributed by atoms with van der Waals surface area (Å²) in [6.07, 6.45) is 1.82. The zero-order valence-electron chi connectivity index (χ0n) is 15.6. The van der Waals surface area contributed by atoms with Crippen LogP contribution in [0.3, 0.4) is 0 Å². The first-order valence-electron chi connectivity index (χ1n) is 8.64. The number of halogens is 1. The molecule has 0 spiro atoms. The molecule has 1 aromatic heterocycles. The quantitative estimate of drug-likeness (QED) is 0.631. The van der Waals surface area contributed by atoms with E-state index < -0.39 is 0 Å². The largest absolute Gasteiger partial charge is 0.378 e. The summed E-state index contributed by atoms with van der Waals surface area (Å²) in [6, 6.07) is 14.1. The van der Waals surface area contributed by atoms with Gasteiger partial charge in [0.2, 0.25) is 5.13 Å². The van der Waals surface area contributed by atoms with Gasteiger partial charge in [0.05, 0.1) is 4.91 Å². The van der Waals surface area contributed by atoms with Crippen LogP contribution >= 0.6 is 23.1 Å². The molecule has 3 aromatic rings. The summed E-state index contributed by atoms with van der Waals surface area (Å²) in [5, 5.41) is 12.2. The predicted octanol–water partition coefficient (Wildman–Crippen LogP) is 4.30. The third-order valence-electron chi connectivity index (χ3n) is 4.04. The van der Waals surface area contributed by atoms with Crippen LogP contribution in [-0.4, -0.2) is 35.4 Å². The fourth-order valence-corrected chi connectivity index (χ4v) is 4.18. The van der Waals surface area contributed by atoms with Crippen molar-refractivity contribution in [3.05, 3.63) is 64.8 Å². The Balaban J connectivity index is 1.51. The van der Waals surface area contributed by atoms with Crippen molar-refractivity contribution in [1.82, 2.24) is 15.5 Å². The number of carbonyl (C=O) groups excluding carboxylic acids is 1. The number of carbonyl (C=O) groups is 1. The molecule has 0 aliphatic carbocycles. The molecule has 1 saturated heterocycles. The Labute approximate surface area is 175 Å². The number of rotatable bonds is 4. The Hall–Kier alpha value is -3.04. The lowest BCUT2D eigenvalue weighted by molar-refractivity contribution is -0.115. The van der Waals surface area contributed by atoms with Crippen LogP contribution in [0.1, 0.15) is 5.56 Å². The molecule has 1 N–H and O–H groups in total. The van der Waals surface area contributed by atoms with Crippen LogP contribution in [0.25, 0.3) is 16.6 Å². The number of hydrogen-bond donors (Lipinski definition) is 1. The number of nitrogens with one attached hydrogen (secondary N) is 1. The molecule has 29 heavy (non-hydrogen) atoms. The van der Waals surface area contributed by atoms with Gasteiger partial charge in [-0.15, -0.1) is 10.2 Å². The Bertz CT molecular complexity index is 1120. The standard InChI is InChI=1S/C20H16FN5OS2/c1-26(2)15-8-6-12(7-9-15)10-16-17(27)22-19(28-16)23-20-25-24-18(29-20)13-4-3-5-14(21)11-13/h3-11H,1-2H3,(H,22,23,25,27). The molecule has 1 fully saturated rings. The Morgan fingerprint density at radius 3 is 2.66 bits per heavy atom. The van der Waals surface area contributed by atoms with E-state index in [0.29, 0.717) is 25.8 Å². The highest BCUT2D eigenvalue weighted by molar-refractivity contribution is 8.18. The Morgan fingerprint density at radius 2 is 1.93 bits per heavy atom. The number of aliphatic imine (C=N–C) groups is 1. The summed E-state index contributed by atoms with van der Waals surface area (Å²) in [6.45, 7) is 0. The van der Waals surface area contributed by atoms with Crippen molar-refractivity contribution in [3.8, 4) is 10.6 Å². The second kappa shape index (κ2) is 8.14. The normalized spacial score (nSPS) is 16.4. The first kappa shape index (κ1) is 19.3. The highest BCUT2D eigenvalue weighted by atomic mass is 32.2. The molecule has 2 heterocycles. The summed E-state index contributed by atoms with van der Waals surface area (Å²) in [5.74, 6) is -0.544. The van der Waals surface area contributed by atoms with Crippen LogP contribution in [0.15, 0.2) is 58.4 Å². The molecule has 0 radical (unpaired) electrons. The van der Waals surface area contributed by atoms with Gasteiger partial charge in [-0.25, -0.2) is 4.39 Å². The molecular formula is C20H16FN5OS2. The van der Waals surface area contributed by atoms with E-state index in [1.807, 2.05) is 49.3 Å². The van der Waals surface area contributed by atoms with Gasteiger partial charge >= 0.3 is 0 Å². The average molecular weight is 426 g/mol.